The molecule has 90 valence electrons. The van der Waals surface area contributed by atoms with Gasteiger partial charge in [-0.3, -0.25) is 0 Å². The second kappa shape index (κ2) is 4.95. The second-order valence-electron chi connectivity index (χ2n) is 3.92. The van der Waals surface area contributed by atoms with E-state index >= 15 is 0 Å². The molecule has 0 aromatic carbocycles. The summed E-state index contributed by atoms with van der Waals surface area (Å²) in [6.45, 7) is 2.33. The van der Waals surface area contributed by atoms with Crippen molar-refractivity contribution in [1.82, 2.24) is 15.5 Å². The van der Waals surface area contributed by atoms with Crippen molar-refractivity contribution in [1.29, 1.82) is 0 Å². The van der Waals surface area contributed by atoms with Gasteiger partial charge in [0.25, 0.3) is 0 Å². The molecule has 1 unspecified atom stereocenters. The van der Waals surface area contributed by atoms with Gasteiger partial charge >= 0.3 is 0 Å². The summed E-state index contributed by atoms with van der Waals surface area (Å²) in [5.41, 5.74) is 1.20. The van der Waals surface area contributed by atoms with Crippen molar-refractivity contribution >= 4 is 11.3 Å². The molecule has 0 amide bonds. The molecule has 1 atom stereocenters. The van der Waals surface area contributed by atoms with E-state index in [-0.39, 0.29) is 6.10 Å². The van der Waals surface area contributed by atoms with Crippen LogP contribution in [0.1, 0.15) is 23.4 Å². The smallest absolute Gasteiger partial charge is 0.231 e. The predicted molar refractivity (Wildman–Crippen MR) is 63.0 cm³/mol. The van der Waals surface area contributed by atoms with E-state index < -0.39 is 0 Å². The van der Waals surface area contributed by atoms with E-state index in [1.54, 1.807) is 11.3 Å². The third kappa shape index (κ3) is 2.54. The molecule has 5 nitrogen and oxygen atoms in total. The molecule has 1 aliphatic rings. The van der Waals surface area contributed by atoms with Crippen LogP contribution in [0.4, 0.5) is 0 Å². The quantitative estimate of drug-likeness (QED) is 0.893. The lowest BCUT2D eigenvalue weighted by atomic mass is 10.2. The van der Waals surface area contributed by atoms with Crippen LogP contribution in [0.2, 0.25) is 0 Å². The van der Waals surface area contributed by atoms with Gasteiger partial charge in [-0.15, -0.1) is 0 Å². The van der Waals surface area contributed by atoms with E-state index in [1.807, 2.05) is 5.38 Å². The van der Waals surface area contributed by atoms with Crippen molar-refractivity contribution in [2.24, 2.45) is 0 Å². The molecule has 0 bridgehead atoms. The number of morpholine rings is 1. The van der Waals surface area contributed by atoms with E-state index in [9.17, 15) is 0 Å². The summed E-state index contributed by atoms with van der Waals surface area (Å²) >= 11 is 1.67. The lowest BCUT2D eigenvalue weighted by Crippen LogP contribution is -2.33. The number of hydrogen-bond donors (Lipinski definition) is 1. The number of rotatable bonds is 3. The highest BCUT2D eigenvalue weighted by Crippen LogP contribution is 2.17. The van der Waals surface area contributed by atoms with Crippen molar-refractivity contribution in [3.05, 3.63) is 34.1 Å². The highest BCUT2D eigenvalue weighted by Gasteiger charge is 2.21. The molecule has 0 aliphatic carbocycles. The summed E-state index contributed by atoms with van der Waals surface area (Å²) in [5, 5.41) is 11.3. The normalized spacial score (nSPS) is 20.6. The van der Waals surface area contributed by atoms with Crippen LogP contribution in [0, 0.1) is 0 Å². The molecule has 0 saturated carbocycles. The maximum absolute atomic E-state index is 5.57. The van der Waals surface area contributed by atoms with E-state index in [0.29, 0.717) is 24.7 Å². The van der Waals surface area contributed by atoms with E-state index in [0.717, 1.165) is 13.1 Å². The summed E-state index contributed by atoms with van der Waals surface area (Å²) in [6, 6.07) is 2.06. The molecule has 2 aromatic rings. The fraction of sp³-hybridized carbons (Fsp3) is 0.455. The molecule has 0 radical (unpaired) electrons. The number of thiophene rings is 1. The Bertz CT molecular complexity index is 463. The fourth-order valence-electron chi connectivity index (χ4n) is 1.77. The largest absolute Gasteiger partial charge is 0.367 e. The molecule has 3 rings (SSSR count). The van der Waals surface area contributed by atoms with Crippen LogP contribution in [0.5, 0.6) is 0 Å². The van der Waals surface area contributed by atoms with Crippen LogP contribution in [0.25, 0.3) is 0 Å². The summed E-state index contributed by atoms with van der Waals surface area (Å²) in [5.74, 6) is 1.29. The fourth-order valence-corrected chi connectivity index (χ4v) is 2.44. The molecular formula is C11H13N3O2S. The summed E-state index contributed by atoms with van der Waals surface area (Å²) in [4.78, 5) is 4.37. The number of ether oxygens (including phenoxy) is 1. The van der Waals surface area contributed by atoms with Crippen molar-refractivity contribution in [3.63, 3.8) is 0 Å². The predicted octanol–water partition coefficient (Wildman–Crippen LogP) is 1.38. The molecule has 1 fully saturated rings. The molecule has 17 heavy (non-hydrogen) atoms. The van der Waals surface area contributed by atoms with Gasteiger partial charge in [-0.25, -0.2) is 0 Å². The van der Waals surface area contributed by atoms with Crippen LogP contribution < -0.4 is 5.32 Å². The first-order chi connectivity index (χ1) is 8.42. The maximum atomic E-state index is 5.57. The molecule has 1 aliphatic heterocycles. The van der Waals surface area contributed by atoms with Crippen LogP contribution in [-0.4, -0.2) is 29.8 Å². The number of nitrogens with zero attached hydrogens (tertiary/aromatic N) is 2. The highest BCUT2D eigenvalue weighted by atomic mass is 32.1. The Morgan fingerprint density at radius 2 is 2.53 bits per heavy atom. The maximum Gasteiger partial charge on any atom is 0.231 e. The monoisotopic (exact) mass is 251 g/mol. The topological polar surface area (TPSA) is 60.2 Å². The Labute approximate surface area is 103 Å². The first-order valence-corrected chi connectivity index (χ1v) is 6.52. The lowest BCUT2D eigenvalue weighted by molar-refractivity contribution is 0.0208. The van der Waals surface area contributed by atoms with Gasteiger partial charge in [0.2, 0.25) is 11.7 Å². The van der Waals surface area contributed by atoms with Crippen molar-refractivity contribution in [2.45, 2.75) is 12.5 Å². The lowest BCUT2D eigenvalue weighted by Gasteiger charge is -2.20. The highest BCUT2D eigenvalue weighted by molar-refractivity contribution is 7.07. The standard InChI is InChI=1S/C11H13N3O2S/c1-4-17-7-8(1)5-10-13-11(14-16-10)9-6-12-2-3-15-9/h1,4,7,9,12H,2-3,5-6H2. The number of hydrogen-bond acceptors (Lipinski definition) is 6. The molecule has 1 saturated heterocycles. The SMILES string of the molecule is c1cc(Cc2nc(C3CNCCO3)no2)cs1. The van der Waals surface area contributed by atoms with Crippen molar-refractivity contribution in [3.8, 4) is 0 Å². The minimum Gasteiger partial charge on any atom is -0.367 e. The van der Waals surface area contributed by atoms with E-state index in [1.165, 1.54) is 5.56 Å². The van der Waals surface area contributed by atoms with Gasteiger partial charge in [0.05, 0.1) is 13.0 Å². The summed E-state index contributed by atoms with van der Waals surface area (Å²) in [7, 11) is 0. The van der Waals surface area contributed by atoms with Gasteiger partial charge in [0.15, 0.2) is 0 Å². The third-order valence-corrected chi connectivity index (χ3v) is 3.37. The Balaban J connectivity index is 1.69. The minimum absolute atomic E-state index is 0.0799. The van der Waals surface area contributed by atoms with Gasteiger partial charge in [-0.1, -0.05) is 5.16 Å². The average Bonchev–Trinajstić information content (AvgIpc) is 3.02. The first kappa shape index (κ1) is 10.9. The van der Waals surface area contributed by atoms with Gasteiger partial charge in [0, 0.05) is 13.1 Å². The van der Waals surface area contributed by atoms with E-state index in [4.69, 9.17) is 9.26 Å². The zero-order chi connectivity index (χ0) is 11.5. The number of nitrogens with one attached hydrogen (secondary N) is 1. The minimum atomic E-state index is -0.0799. The second-order valence-corrected chi connectivity index (χ2v) is 4.70. The average molecular weight is 251 g/mol. The van der Waals surface area contributed by atoms with Crippen molar-refractivity contribution < 1.29 is 9.26 Å². The summed E-state index contributed by atoms with van der Waals surface area (Å²) < 4.78 is 10.8. The first-order valence-electron chi connectivity index (χ1n) is 5.58. The van der Waals surface area contributed by atoms with Gasteiger partial charge in [-0.2, -0.15) is 16.3 Å². The van der Waals surface area contributed by atoms with Gasteiger partial charge in [0.1, 0.15) is 6.10 Å². The van der Waals surface area contributed by atoms with E-state index in [2.05, 4.69) is 26.9 Å². The van der Waals surface area contributed by atoms with Crippen LogP contribution >= 0.6 is 11.3 Å². The third-order valence-electron chi connectivity index (χ3n) is 2.63. The van der Waals surface area contributed by atoms with Crippen LogP contribution in [0.3, 0.4) is 0 Å². The van der Waals surface area contributed by atoms with Crippen molar-refractivity contribution in [2.75, 3.05) is 19.7 Å². The molecule has 2 aromatic heterocycles. The Morgan fingerprint density at radius 1 is 1.53 bits per heavy atom. The Morgan fingerprint density at radius 3 is 3.29 bits per heavy atom. The zero-order valence-corrected chi connectivity index (χ0v) is 10.1. The molecule has 6 heteroatoms. The van der Waals surface area contributed by atoms with Gasteiger partial charge < -0.3 is 14.6 Å². The zero-order valence-electron chi connectivity index (χ0n) is 9.26. The Hall–Kier alpha value is -1.24. The molecule has 1 N–H and O–H groups in total. The van der Waals surface area contributed by atoms with Crippen LogP contribution in [0.15, 0.2) is 21.3 Å². The van der Waals surface area contributed by atoms with Crippen LogP contribution in [-0.2, 0) is 11.2 Å². The Kier molecular flexibility index (Phi) is 3.17. The number of aromatic nitrogens is 2. The molecular weight excluding hydrogens is 238 g/mol. The molecule has 0 spiro atoms. The summed E-state index contributed by atoms with van der Waals surface area (Å²) in [6.07, 6.45) is 0.611. The van der Waals surface area contributed by atoms with Gasteiger partial charge in [-0.05, 0) is 22.4 Å². The molecule has 3 heterocycles.